The van der Waals surface area contributed by atoms with E-state index in [1.54, 1.807) is 20.8 Å². The molecule has 2 atom stereocenters. The Morgan fingerprint density at radius 3 is 2.30 bits per heavy atom. The van der Waals surface area contributed by atoms with E-state index in [1.165, 1.54) is 0 Å². The van der Waals surface area contributed by atoms with Crippen LogP contribution >= 0.6 is 0 Å². The second-order valence-corrected chi connectivity index (χ2v) is 6.49. The molecule has 1 aliphatic heterocycles. The Labute approximate surface area is 115 Å². The topological polar surface area (TPSA) is 66.8 Å². The molecule has 0 radical (unpaired) electrons. The molecule has 114 valence electrons. The number of ether oxygens (including phenoxy) is 1. The largest absolute Gasteiger partial charge is 0.481 e. The maximum atomic E-state index is 13.6. The van der Waals surface area contributed by atoms with E-state index in [0.717, 1.165) is 4.90 Å². The van der Waals surface area contributed by atoms with Crippen LogP contribution in [0.4, 0.5) is 13.6 Å². The zero-order valence-corrected chi connectivity index (χ0v) is 11.8. The van der Waals surface area contributed by atoms with Gasteiger partial charge in [-0.2, -0.15) is 0 Å². The molecule has 1 aliphatic carbocycles. The van der Waals surface area contributed by atoms with E-state index in [2.05, 4.69) is 0 Å². The van der Waals surface area contributed by atoms with Crippen LogP contribution in [-0.2, 0) is 9.53 Å². The van der Waals surface area contributed by atoms with Gasteiger partial charge in [-0.05, 0) is 33.6 Å². The molecular weight excluding hydrogens is 272 g/mol. The maximum Gasteiger partial charge on any atom is 0.410 e. The number of hydrogen-bond donors (Lipinski definition) is 1. The molecule has 0 bridgehead atoms. The number of carboxylic acid groups (broad SMARTS) is 1. The smallest absolute Gasteiger partial charge is 0.410 e. The van der Waals surface area contributed by atoms with Gasteiger partial charge in [0.25, 0.3) is 5.92 Å². The Kier molecular flexibility index (Phi) is 3.22. The lowest BCUT2D eigenvalue weighted by Gasteiger charge is -2.31. The molecule has 0 aromatic heterocycles. The molecule has 1 amide bonds. The van der Waals surface area contributed by atoms with Crippen LogP contribution in [-0.4, -0.2) is 46.2 Å². The lowest BCUT2D eigenvalue weighted by atomic mass is 9.93. The minimum Gasteiger partial charge on any atom is -0.481 e. The van der Waals surface area contributed by atoms with Gasteiger partial charge in [-0.25, -0.2) is 13.6 Å². The van der Waals surface area contributed by atoms with Crippen molar-refractivity contribution in [2.45, 2.75) is 57.6 Å². The van der Waals surface area contributed by atoms with Gasteiger partial charge in [0, 0.05) is 13.0 Å². The molecule has 0 aromatic rings. The second kappa shape index (κ2) is 4.30. The quantitative estimate of drug-likeness (QED) is 0.849. The van der Waals surface area contributed by atoms with Crippen LogP contribution in [0.1, 0.15) is 40.0 Å². The van der Waals surface area contributed by atoms with Crippen LogP contribution in [0.15, 0.2) is 0 Å². The van der Waals surface area contributed by atoms with Crippen molar-refractivity contribution in [3.05, 3.63) is 0 Å². The molecular formula is C13H19F2NO4. The van der Waals surface area contributed by atoms with Crippen LogP contribution in [0.3, 0.4) is 0 Å². The monoisotopic (exact) mass is 291 g/mol. The van der Waals surface area contributed by atoms with Crippen LogP contribution in [0, 0.1) is 5.41 Å². The first-order valence-corrected chi connectivity index (χ1v) is 6.62. The maximum absolute atomic E-state index is 13.6. The number of alkyl halides is 2. The van der Waals surface area contributed by atoms with Gasteiger partial charge in [-0.1, -0.05) is 0 Å². The molecule has 7 heteroatoms. The van der Waals surface area contributed by atoms with Crippen LogP contribution in [0.5, 0.6) is 0 Å². The summed E-state index contributed by atoms with van der Waals surface area (Å²) in [4.78, 5) is 24.5. The van der Waals surface area contributed by atoms with Gasteiger partial charge < -0.3 is 14.7 Å². The van der Waals surface area contributed by atoms with E-state index >= 15 is 0 Å². The van der Waals surface area contributed by atoms with Crippen LogP contribution < -0.4 is 0 Å². The number of hydrogen-bond acceptors (Lipinski definition) is 3. The Bertz CT molecular complexity index is 446. The summed E-state index contributed by atoms with van der Waals surface area (Å²) in [6.07, 6.45) is -0.654. The molecule has 20 heavy (non-hydrogen) atoms. The van der Waals surface area contributed by atoms with Gasteiger partial charge in [-0.15, -0.1) is 0 Å². The number of likely N-dealkylation sites (tertiary alicyclic amines) is 1. The van der Waals surface area contributed by atoms with E-state index in [-0.39, 0.29) is 13.0 Å². The number of rotatable bonds is 2. The van der Waals surface area contributed by atoms with Gasteiger partial charge in [-0.3, -0.25) is 4.79 Å². The molecule has 0 spiro atoms. The summed E-state index contributed by atoms with van der Waals surface area (Å²) in [7, 11) is 0. The lowest BCUT2D eigenvalue weighted by molar-refractivity contribution is -0.150. The molecule has 2 rings (SSSR count). The summed E-state index contributed by atoms with van der Waals surface area (Å²) < 4.78 is 32.3. The third-order valence-corrected chi connectivity index (χ3v) is 3.86. The first-order chi connectivity index (χ1) is 9.01. The first kappa shape index (κ1) is 15.0. The van der Waals surface area contributed by atoms with E-state index in [9.17, 15) is 23.5 Å². The van der Waals surface area contributed by atoms with Crippen molar-refractivity contribution in [3.63, 3.8) is 0 Å². The molecule has 2 aliphatic rings. The summed E-state index contributed by atoms with van der Waals surface area (Å²) in [6.45, 7) is 5.28. The predicted octanol–water partition coefficient (Wildman–Crippen LogP) is 2.50. The molecule has 2 fully saturated rings. The van der Waals surface area contributed by atoms with Crippen molar-refractivity contribution >= 4 is 12.1 Å². The average Bonchev–Trinajstić information content (AvgIpc) is 2.68. The minimum atomic E-state index is -3.26. The number of amides is 1. The lowest BCUT2D eigenvalue weighted by Crippen LogP contribution is -2.48. The predicted molar refractivity (Wildman–Crippen MR) is 65.6 cm³/mol. The average molecular weight is 291 g/mol. The van der Waals surface area contributed by atoms with E-state index in [4.69, 9.17) is 4.74 Å². The highest BCUT2D eigenvalue weighted by atomic mass is 19.3. The number of carboxylic acids is 1. The van der Waals surface area contributed by atoms with Crippen molar-refractivity contribution in [3.8, 4) is 0 Å². The van der Waals surface area contributed by atoms with Gasteiger partial charge in [0.2, 0.25) is 0 Å². The molecule has 0 aromatic carbocycles. The Balaban J connectivity index is 2.20. The summed E-state index contributed by atoms with van der Waals surface area (Å²) in [5, 5.41) is 9.17. The number of nitrogens with zero attached hydrogens (tertiary/aromatic N) is 1. The van der Waals surface area contributed by atoms with Crippen molar-refractivity contribution in [2.24, 2.45) is 5.41 Å². The molecule has 1 saturated heterocycles. The molecule has 1 heterocycles. The highest BCUT2D eigenvalue weighted by Gasteiger charge is 2.81. The van der Waals surface area contributed by atoms with Crippen molar-refractivity contribution in [1.29, 1.82) is 0 Å². The summed E-state index contributed by atoms with van der Waals surface area (Å²) in [5.41, 5.74) is -2.88. The van der Waals surface area contributed by atoms with Crippen molar-refractivity contribution in [1.82, 2.24) is 4.90 Å². The molecule has 1 saturated carbocycles. The fourth-order valence-electron chi connectivity index (χ4n) is 2.86. The molecule has 5 nitrogen and oxygen atoms in total. The van der Waals surface area contributed by atoms with Crippen molar-refractivity contribution < 1.29 is 28.2 Å². The third-order valence-electron chi connectivity index (χ3n) is 3.86. The zero-order chi connectivity index (χ0) is 15.3. The van der Waals surface area contributed by atoms with E-state index < -0.39 is 41.5 Å². The highest BCUT2D eigenvalue weighted by molar-refractivity contribution is 5.83. The molecule has 2 unspecified atom stereocenters. The summed E-state index contributed by atoms with van der Waals surface area (Å²) in [6, 6.07) is -0.996. The fraction of sp³-hybridized carbons (Fsp3) is 0.846. The van der Waals surface area contributed by atoms with Gasteiger partial charge >= 0.3 is 12.1 Å². The SMILES string of the molecule is CC(C)(C)OC(=O)N1CCCC1C1(C(=O)O)CC1(F)F. The summed E-state index contributed by atoms with van der Waals surface area (Å²) >= 11 is 0. The Morgan fingerprint density at radius 1 is 1.35 bits per heavy atom. The molecule has 1 N–H and O–H groups in total. The van der Waals surface area contributed by atoms with E-state index in [0.29, 0.717) is 6.42 Å². The van der Waals surface area contributed by atoms with Crippen molar-refractivity contribution in [2.75, 3.05) is 6.54 Å². The van der Waals surface area contributed by atoms with Gasteiger partial charge in [0.15, 0.2) is 5.41 Å². The highest BCUT2D eigenvalue weighted by Crippen LogP contribution is 2.65. The zero-order valence-electron chi connectivity index (χ0n) is 11.8. The number of carbonyl (C=O) groups excluding carboxylic acids is 1. The van der Waals surface area contributed by atoms with Crippen LogP contribution in [0.25, 0.3) is 0 Å². The van der Waals surface area contributed by atoms with Crippen LogP contribution in [0.2, 0.25) is 0 Å². The Hall–Kier alpha value is -1.40. The third kappa shape index (κ3) is 2.23. The normalized spacial score (nSPS) is 32.0. The first-order valence-electron chi connectivity index (χ1n) is 6.62. The minimum absolute atomic E-state index is 0.255. The second-order valence-electron chi connectivity index (χ2n) is 6.49. The van der Waals surface area contributed by atoms with Gasteiger partial charge in [0.05, 0.1) is 6.04 Å². The van der Waals surface area contributed by atoms with E-state index in [1.807, 2.05) is 0 Å². The standard InChI is InChI=1S/C13H19F2NO4/c1-11(2,3)20-10(19)16-6-4-5-8(16)12(9(17)18)7-13(12,14)15/h8H,4-7H2,1-3H3,(H,17,18). The Morgan fingerprint density at radius 2 is 1.90 bits per heavy atom. The fourth-order valence-corrected chi connectivity index (χ4v) is 2.86. The summed E-state index contributed by atoms with van der Waals surface area (Å²) in [5.74, 6) is -4.79. The number of halogens is 2. The number of carbonyl (C=O) groups is 2. The van der Waals surface area contributed by atoms with Gasteiger partial charge in [0.1, 0.15) is 5.60 Å². The number of aliphatic carboxylic acids is 1.